The van der Waals surface area contributed by atoms with Gasteiger partial charge in [0.2, 0.25) is 5.91 Å². The maximum absolute atomic E-state index is 12.5. The molecule has 2 aliphatic rings. The van der Waals surface area contributed by atoms with Crippen LogP contribution in [0.4, 0.5) is 0 Å². The van der Waals surface area contributed by atoms with Gasteiger partial charge in [0.25, 0.3) is 0 Å². The summed E-state index contributed by atoms with van der Waals surface area (Å²) in [7, 11) is 0. The largest absolute Gasteiger partial charge is 0.344 e. The summed E-state index contributed by atoms with van der Waals surface area (Å²) in [6, 6.07) is 0. The summed E-state index contributed by atoms with van der Waals surface area (Å²) in [5, 5.41) is 7.57. The van der Waals surface area contributed by atoms with Crippen LogP contribution in [0.15, 0.2) is 6.20 Å². The van der Waals surface area contributed by atoms with E-state index in [-0.39, 0.29) is 17.4 Å². The van der Waals surface area contributed by atoms with Gasteiger partial charge in [-0.05, 0) is 58.5 Å². The lowest BCUT2D eigenvalue weighted by atomic mass is 9.91. The lowest BCUT2D eigenvalue weighted by molar-refractivity contribution is -0.125. The fraction of sp³-hybridized carbons (Fsp3) is 0.733. The summed E-state index contributed by atoms with van der Waals surface area (Å²) < 4.78 is 0. The molecule has 4 nitrogen and oxygen atoms in total. The van der Waals surface area contributed by atoms with Gasteiger partial charge < -0.3 is 10.6 Å². The molecule has 0 aromatic carbocycles. The molecule has 1 atom stereocenters. The third-order valence-corrected chi connectivity index (χ3v) is 5.93. The number of aromatic nitrogens is 1. The normalized spacial score (nSPS) is 24.6. The second-order valence-corrected chi connectivity index (χ2v) is 7.99. The van der Waals surface area contributed by atoms with Crippen LogP contribution in [0, 0.1) is 18.3 Å². The second kappa shape index (κ2) is 4.81. The monoisotopic (exact) mass is 293 g/mol. The maximum atomic E-state index is 12.5. The van der Waals surface area contributed by atoms with Crippen molar-refractivity contribution in [1.29, 1.82) is 0 Å². The molecule has 0 bridgehead atoms. The molecule has 3 rings (SSSR count). The SMILES string of the molecule is Cc1cnc(C(C)(C)NC(=O)C2CC23CCNCC3)s1. The average molecular weight is 293 g/mol. The van der Waals surface area contributed by atoms with E-state index in [4.69, 9.17) is 0 Å². The summed E-state index contributed by atoms with van der Waals surface area (Å²) in [5.41, 5.74) is -0.0725. The predicted molar refractivity (Wildman–Crippen MR) is 80.7 cm³/mol. The lowest BCUT2D eigenvalue weighted by Crippen LogP contribution is -2.43. The molecule has 20 heavy (non-hydrogen) atoms. The van der Waals surface area contributed by atoms with Crippen LogP contribution in [0.5, 0.6) is 0 Å². The molecule has 2 N–H and O–H groups in total. The molecule has 1 unspecified atom stereocenters. The Labute approximate surface area is 124 Å². The molecule has 0 radical (unpaired) electrons. The van der Waals surface area contributed by atoms with Crippen molar-refractivity contribution in [2.24, 2.45) is 11.3 Å². The molecular formula is C15H23N3OS. The Morgan fingerprint density at radius 2 is 2.20 bits per heavy atom. The van der Waals surface area contributed by atoms with Crippen molar-refractivity contribution < 1.29 is 4.79 Å². The molecule has 1 aromatic rings. The van der Waals surface area contributed by atoms with E-state index >= 15 is 0 Å². The van der Waals surface area contributed by atoms with E-state index in [2.05, 4.69) is 15.6 Å². The van der Waals surface area contributed by atoms with Crippen molar-refractivity contribution in [2.45, 2.75) is 45.6 Å². The zero-order valence-corrected chi connectivity index (χ0v) is 13.3. The number of thiazole rings is 1. The first-order chi connectivity index (χ1) is 9.43. The first kappa shape index (κ1) is 14.0. The van der Waals surface area contributed by atoms with E-state index in [1.165, 1.54) is 4.88 Å². The highest BCUT2D eigenvalue weighted by molar-refractivity contribution is 7.11. The van der Waals surface area contributed by atoms with E-state index in [0.29, 0.717) is 5.41 Å². The minimum Gasteiger partial charge on any atom is -0.344 e. The summed E-state index contributed by atoms with van der Waals surface area (Å²) in [5.74, 6) is 0.426. The highest BCUT2D eigenvalue weighted by atomic mass is 32.1. The van der Waals surface area contributed by atoms with Gasteiger partial charge in [-0.3, -0.25) is 4.79 Å². The number of carbonyl (C=O) groups excluding carboxylic acids is 1. The van der Waals surface area contributed by atoms with E-state index < -0.39 is 0 Å². The Kier molecular flexibility index (Phi) is 3.37. The number of rotatable bonds is 3. The Morgan fingerprint density at radius 1 is 1.50 bits per heavy atom. The molecule has 1 amide bonds. The Morgan fingerprint density at radius 3 is 2.80 bits per heavy atom. The van der Waals surface area contributed by atoms with Crippen LogP contribution in [0.1, 0.15) is 43.0 Å². The van der Waals surface area contributed by atoms with Crippen LogP contribution >= 0.6 is 11.3 Å². The van der Waals surface area contributed by atoms with Gasteiger partial charge in [0, 0.05) is 17.0 Å². The average Bonchev–Trinajstić information content (AvgIpc) is 2.88. The first-order valence-electron chi connectivity index (χ1n) is 7.39. The number of amides is 1. The van der Waals surface area contributed by atoms with Gasteiger partial charge in [-0.25, -0.2) is 4.98 Å². The number of aryl methyl sites for hydroxylation is 1. The minimum atomic E-state index is -0.368. The fourth-order valence-corrected chi connectivity index (χ4v) is 4.11. The Balaban J connectivity index is 1.65. The molecule has 2 fully saturated rings. The molecule has 5 heteroatoms. The molecule has 1 aliphatic heterocycles. The summed E-state index contributed by atoms with van der Waals surface area (Å²) in [6.07, 6.45) is 5.22. The fourth-order valence-electron chi connectivity index (χ4n) is 3.29. The van der Waals surface area contributed by atoms with Gasteiger partial charge in [0.1, 0.15) is 5.01 Å². The molecule has 1 aliphatic carbocycles. The topological polar surface area (TPSA) is 54.0 Å². The molecular weight excluding hydrogens is 270 g/mol. The third kappa shape index (κ3) is 2.49. The van der Waals surface area contributed by atoms with Crippen molar-refractivity contribution >= 4 is 17.2 Å². The standard InChI is InChI=1S/C15H23N3OS/c1-10-9-17-13(20-10)14(2,3)18-12(19)11-8-15(11)4-6-16-7-5-15/h9,11,16H,4-8H2,1-3H3,(H,18,19). The second-order valence-electron chi connectivity index (χ2n) is 6.76. The number of nitrogens with one attached hydrogen (secondary N) is 2. The molecule has 110 valence electrons. The van der Waals surface area contributed by atoms with Crippen molar-refractivity contribution in [2.75, 3.05) is 13.1 Å². The van der Waals surface area contributed by atoms with Gasteiger partial charge in [0.05, 0.1) is 5.54 Å². The van der Waals surface area contributed by atoms with E-state index in [1.54, 1.807) is 11.3 Å². The van der Waals surface area contributed by atoms with Crippen LogP contribution < -0.4 is 10.6 Å². The quantitative estimate of drug-likeness (QED) is 0.898. The molecule has 1 saturated heterocycles. The minimum absolute atomic E-state index is 0.213. The molecule has 1 saturated carbocycles. The third-order valence-electron chi connectivity index (χ3n) is 4.70. The highest BCUT2D eigenvalue weighted by Crippen LogP contribution is 2.58. The van der Waals surface area contributed by atoms with Gasteiger partial charge in [-0.1, -0.05) is 0 Å². The van der Waals surface area contributed by atoms with Crippen LogP contribution in [0.2, 0.25) is 0 Å². The number of hydrogen-bond donors (Lipinski definition) is 2. The predicted octanol–water partition coefficient (Wildman–Crippen LogP) is 2.19. The number of piperidine rings is 1. The van der Waals surface area contributed by atoms with Crippen LogP contribution in [-0.4, -0.2) is 24.0 Å². The van der Waals surface area contributed by atoms with Crippen LogP contribution in [0.3, 0.4) is 0 Å². The number of nitrogens with zero attached hydrogens (tertiary/aromatic N) is 1. The Bertz CT molecular complexity index is 517. The van der Waals surface area contributed by atoms with Gasteiger partial charge in [-0.15, -0.1) is 11.3 Å². The molecule has 1 aromatic heterocycles. The molecule has 2 heterocycles. The van der Waals surface area contributed by atoms with Crippen LogP contribution in [0.25, 0.3) is 0 Å². The number of hydrogen-bond acceptors (Lipinski definition) is 4. The number of carbonyl (C=O) groups is 1. The van der Waals surface area contributed by atoms with Gasteiger partial charge in [-0.2, -0.15) is 0 Å². The van der Waals surface area contributed by atoms with Crippen molar-refractivity contribution in [3.05, 3.63) is 16.1 Å². The van der Waals surface area contributed by atoms with Crippen molar-refractivity contribution in [3.63, 3.8) is 0 Å². The smallest absolute Gasteiger partial charge is 0.224 e. The zero-order valence-electron chi connectivity index (χ0n) is 12.5. The zero-order chi connectivity index (χ0) is 14.4. The molecule has 1 spiro atoms. The van der Waals surface area contributed by atoms with Crippen LogP contribution in [-0.2, 0) is 10.3 Å². The Hall–Kier alpha value is -0.940. The summed E-state index contributed by atoms with van der Waals surface area (Å²) in [6.45, 7) is 8.24. The van der Waals surface area contributed by atoms with E-state index in [9.17, 15) is 4.79 Å². The van der Waals surface area contributed by atoms with Crippen molar-refractivity contribution in [1.82, 2.24) is 15.6 Å². The summed E-state index contributed by atoms with van der Waals surface area (Å²) >= 11 is 1.66. The van der Waals surface area contributed by atoms with E-state index in [0.717, 1.165) is 37.4 Å². The van der Waals surface area contributed by atoms with E-state index in [1.807, 2.05) is 27.0 Å². The highest BCUT2D eigenvalue weighted by Gasteiger charge is 2.58. The van der Waals surface area contributed by atoms with Gasteiger partial charge >= 0.3 is 0 Å². The lowest BCUT2D eigenvalue weighted by Gasteiger charge is -2.27. The first-order valence-corrected chi connectivity index (χ1v) is 8.20. The maximum Gasteiger partial charge on any atom is 0.224 e. The van der Waals surface area contributed by atoms with Gasteiger partial charge in [0.15, 0.2) is 0 Å². The van der Waals surface area contributed by atoms with Crippen molar-refractivity contribution in [3.8, 4) is 0 Å². The summed E-state index contributed by atoms with van der Waals surface area (Å²) in [4.78, 5) is 18.1.